The van der Waals surface area contributed by atoms with Crippen molar-refractivity contribution in [3.8, 4) is 6.19 Å². The van der Waals surface area contributed by atoms with Crippen molar-refractivity contribution in [2.24, 2.45) is 0 Å². The number of likely N-dealkylation sites (N-methyl/N-ethyl adjacent to an activating group) is 1. The van der Waals surface area contributed by atoms with Crippen molar-refractivity contribution < 1.29 is 18.0 Å². The number of aryl methyl sites for hydroxylation is 1. The minimum Gasteiger partial charge on any atom is -0.361 e. The molecular formula is C18H22N4O4S. The Morgan fingerprint density at radius 1 is 1.33 bits per heavy atom. The normalized spacial score (nSPS) is 12.3. The first-order valence-electron chi connectivity index (χ1n) is 8.40. The van der Waals surface area contributed by atoms with Crippen LogP contribution in [0, 0.1) is 11.5 Å². The number of aromatic nitrogens is 1. The van der Waals surface area contributed by atoms with Crippen LogP contribution in [0.5, 0.6) is 0 Å². The fourth-order valence-electron chi connectivity index (χ4n) is 2.80. The monoisotopic (exact) mass is 390 g/mol. The summed E-state index contributed by atoms with van der Waals surface area (Å²) in [7, 11) is -2.29. The number of hydrogen-bond donors (Lipinski definition) is 2. The van der Waals surface area contributed by atoms with Crippen LogP contribution in [-0.2, 0) is 25.8 Å². The fraction of sp³-hybridized carbons (Fsp3) is 0.389. The number of nitriles is 1. The Hall–Kier alpha value is -2.86. The van der Waals surface area contributed by atoms with Gasteiger partial charge in [-0.3, -0.25) is 14.5 Å². The molecule has 1 heterocycles. The van der Waals surface area contributed by atoms with Crippen molar-refractivity contribution in [3.05, 3.63) is 36.0 Å². The lowest BCUT2D eigenvalue weighted by Crippen LogP contribution is -2.49. The Morgan fingerprint density at radius 3 is 2.70 bits per heavy atom. The van der Waals surface area contributed by atoms with E-state index in [4.69, 9.17) is 5.26 Å². The molecule has 1 aromatic heterocycles. The van der Waals surface area contributed by atoms with Gasteiger partial charge in [-0.1, -0.05) is 18.2 Å². The second-order valence-corrected chi connectivity index (χ2v) is 8.61. The fourth-order valence-corrected chi connectivity index (χ4v) is 3.64. The van der Waals surface area contributed by atoms with Crippen LogP contribution in [0.4, 0.5) is 0 Å². The van der Waals surface area contributed by atoms with Gasteiger partial charge in [0, 0.05) is 36.8 Å². The molecule has 2 N–H and O–H groups in total. The zero-order valence-corrected chi connectivity index (χ0v) is 16.0. The van der Waals surface area contributed by atoms with Gasteiger partial charge in [0.25, 0.3) is 5.91 Å². The van der Waals surface area contributed by atoms with E-state index in [-0.39, 0.29) is 6.42 Å². The number of H-pyrrole nitrogens is 1. The molecule has 1 atom stereocenters. The van der Waals surface area contributed by atoms with Gasteiger partial charge in [-0.25, -0.2) is 8.42 Å². The summed E-state index contributed by atoms with van der Waals surface area (Å²) in [5, 5.41) is 12.3. The number of fused-ring (bicyclic) bond motifs is 1. The maximum absolute atomic E-state index is 12.2. The molecular weight excluding hydrogens is 368 g/mol. The Kier molecular flexibility index (Phi) is 6.58. The minimum absolute atomic E-state index is 0.142. The van der Waals surface area contributed by atoms with Crippen molar-refractivity contribution in [1.82, 2.24) is 15.2 Å². The Balaban J connectivity index is 1.95. The van der Waals surface area contributed by atoms with E-state index >= 15 is 0 Å². The molecule has 9 heteroatoms. The molecule has 2 aromatic rings. The molecule has 1 unspecified atom stereocenters. The molecule has 0 bridgehead atoms. The van der Waals surface area contributed by atoms with E-state index < -0.39 is 33.4 Å². The predicted molar refractivity (Wildman–Crippen MR) is 101 cm³/mol. The average molecular weight is 390 g/mol. The van der Waals surface area contributed by atoms with Gasteiger partial charge in [-0.05, 0) is 24.5 Å². The molecule has 1 aromatic carbocycles. The number of amides is 2. The second kappa shape index (κ2) is 8.68. The highest BCUT2D eigenvalue weighted by atomic mass is 32.2. The number of carbonyl (C=O) groups is 2. The number of carbonyl (C=O) groups excluding carboxylic acids is 2. The Bertz CT molecular complexity index is 975. The number of nitrogens with zero attached hydrogens (tertiary/aromatic N) is 2. The number of aromatic amines is 1. The zero-order chi connectivity index (χ0) is 20.0. The summed E-state index contributed by atoms with van der Waals surface area (Å²) in [5.74, 6) is -1.73. The van der Waals surface area contributed by atoms with E-state index in [0.29, 0.717) is 17.7 Å². The summed E-state index contributed by atoms with van der Waals surface area (Å²) in [5.41, 5.74) is 2.11. The molecule has 0 aliphatic heterocycles. The molecule has 0 fully saturated rings. The summed E-state index contributed by atoms with van der Waals surface area (Å²) < 4.78 is 23.0. The van der Waals surface area contributed by atoms with Gasteiger partial charge in [0.1, 0.15) is 15.9 Å². The molecule has 0 aliphatic rings. The van der Waals surface area contributed by atoms with Crippen LogP contribution >= 0.6 is 0 Å². The third-order valence-corrected chi connectivity index (χ3v) is 5.05. The number of benzene rings is 1. The number of rotatable bonds is 8. The van der Waals surface area contributed by atoms with Gasteiger partial charge < -0.3 is 10.3 Å². The van der Waals surface area contributed by atoms with Crippen molar-refractivity contribution in [1.29, 1.82) is 5.26 Å². The predicted octanol–water partition coefficient (Wildman–Crippen LogP) is 0.959. The lowest BCUT2D eigenvalue weighted by molar-refractivity contribution is -0.132. The number of sulfone groups is 1. The van der Waals surface area contributed by atoms with Crippen LogP contribution in [0.25, 0.3) is 10.9 Å². The van der Waals surface area contributed by atoms with Gasteiger partial charge in [0.15, 0.2) is 6.19 Å². The van der Waals surface area contributed by atoms with E-state index in [2.05, 4.69) is 10.3 Å². The average Bonchev–Trinajstić information content (AvgIpc) is 3.02. The number of nitrogens with one attached hydrogen (secondary N) is 2. The number of para-hydroxylation sites is 1. The molecule has 0 radical (unpaired) electrons. The largest absolute Gasteiger partial charge is 0.361 e. The summed E-state index contributed by atoms with van der Waals surface area (Å²) in [6, 6.07) is 6.58. The Morgan fingerprint density at radius 2 is 2.04 bits per heavy atom. The SMILES string of the molecule is CN(C#N)C(=O)C(CS(C)(=O)=O)NC(=O)CCCc1c[nH]c2ccccc12. The highest BCUT2D eigenvalue weighted by molar-refractivity contribution is 7.90. The summed E-state index contributed by atoms with van der Waals surface area (Å²) in [6.07, 6.45) is 5.85. The van der Waals surface area contributed by atoms with Gasteiger partial charge in [0.05, 0.1) is 5.75 Å². The Labute approximate surface area is 158 Å². The highest BCUT2D eigenvalue weighted by Gasteiger charge is 2.27. The zero-order valence-electron chi connectivity index (χ0n) is 15.2. The molecule has 0 saturated heterocycles. The highest BCUT2D eigenvalue weighted by Crippen LogP contribution is 2.19. The van der Waals surface area contributed by atoms with Gasteiger partial charge in [-0.2, -0.15) is 5.26 Å². The molecule has 2 amide bonds. The van der Waals surface area contributed by atoms with Crippen LogP contribution in [0.2, 0.25) is 0 Å². The lowest BCUT2D eigenvalue weighted by Gasteiger charge is -2.19. The van der Waals surface area contributed by atoms with Gasteiger partial charge in [0.2, 0.25) is 5.91 Å². The molecule has 8 nitrogen and oxygen atoms in total. The van der Waals surface area contributed by atoms with Crippen LogP contribution in [0.3, 0.4) is 0 Å². The molecule has 0 aliphatic carbocycles. The molecule has 2 rings (SSSR count). The first-order valence-corrected chi connectivity index (χ1v) is 10.5. The van der Waals surface area contributed by atoms with Gasteiger partial charge in [-0.15, -0.1) is 0 Å². The number of hydrogen-bond acceptors (Lipinski definition) is 5. The van der Waals surface area contributed by atoms with Crippen LogP contribution in [-0.4, -0.2) is 55.2 Å². The maximum atomic E-state index is 12.2. The van der Waals surface area contributed by atoms with E-state index in [1.54, 1.807) is 6.19 Å². The minimum atomic E-state index is -3.51. The summed E-state index contributed by atoms with van der Waals surface area (Å²) >= 11 is 0. The van der Waals surface area contributed by atoms with Crippen molar-refractivity contribution in [2.75, 3.05) is 19.1 Å². The van der Waals surface area contributed by atoms with E-state index in [0.717, 1.165) is 22.7 Å². The topological polar surface area (TPSA) is 123 Å². The van der Waals surface area contributed by atoms with Crippen LogP contribution in [0.15, 0.2) is 30.5 Å². The smallest absolute Gasteiger partial charge is 0.258 e. The third-order valence-electron chi connectivity index (χ3n) is 4.11. The van der Waals surface area contributed by atoms with E-state index in [1.807, 2.05) is 30.5 Å². The quantitative estimate of drug-likeness (QED) is 0.513. The molecule has 0 spiro atoms. The summed E-state index contributed by atoms with van der Waals surface area (Å²) in [6.45, 7) is 0. The van der Waals surface area contributed by atoms with Crippen LogP contribution < -0.4 is 5.32 Å². The van der Waals surface area contributed by atoms with E-state index in [9.17, 15) is 18.0 Å². The van der Waals surface area contributed by atoms with Crippen molar-refractivity contribution in [3.63, 3.8) is 0 Å². The first kappa shape index (κ1) is 20.5. The van der Waals surface area contributed by atoms with E-state index in [1.165, 1.54) is 7.05 Å². The molecule has 27 heavy (non-hydrogen) atoms. The molecule has 0 saturated carbocycles. The molecule has 144 valence electrons. The standard InChI is InChI=1S/C18H22N4O4S/c1-22(12-19)18(24)16(11-27(2,25)26)21-17(23)9-5-6-13-10-20-15-8-4-3-7-14(13)15/h3-4,7-8,10,16,20H,5-6,9,11H2,1-2H3,(H,21,23). The summed E-state index contributed by atoms with van der Waals surface area (Å²) in [4.78, 5) is 28.2. The second-order valence-electron chi connectivity index (χ2n) is 6.42. The van der Waals surface area contributed by atoms with Gasteiger partial charge >= 0.3 is 0 Å². The van der Waals surface area contributed by atoms with Crippen LogP contribution in [0.1, 0.15) is 18.4 Å². The van der Waals surface area contributed by atoms with Crippen molar-refractivity contribution >= 4 is 32.6 Å². The maximum Gasteiger partial charge on any atom is 0.258 e. The third kappa shape index (κ3) is 5.82. The van der Waals surface area contributed by atoms with Crippen molar-refractivity contribution in [2.45, 2.75) is 25.3 Å². The lowest BCUT2D eigenvalue weighted by atomic mass is 10.1. The first-order chi connectivity index (χ1) is 12.7.